The lowest BCUT2D eigenvalue weighted by molar-refractivity contribution is 0.601. The lowest BCUT2D eigenvalue weighted by Crippen LogP contribution is -2.21. The van der Waals surface area contributed by atoms with Crippen molar-refractivity contribution in [3.63, 3.8) is 0 Å². The van der Waals surface area contributed by atoms with E-state index < -0.39 is 0 Å². The van der Waals surface area contributed by atoms with Crippen molar-refractivity contribution in [1.82, 2.24) is 5.32 Å². The Hall–Kier alpha value is -0.180. The molecule has 0 amide bonds. The zero-order chi connectivity index (χ0) is 10.4. The molecule has 1 unspecified atom stereocenters. The van der Waals surface area contributed by atoms with Crippen molar-refractivity contribution in [2.45, 2.75) is 13.0 Å². The molecule has 1 nitrogen and oxygen atoms in total. The van der Waals surface area contributed by atoms with E-state index in [2.05, 4.69) is 24.6 Å². The molecule has 1 N–H and O–H groups in total. The summed E-state index contributed by atoms with van der Waals surface area (Å²) >= 11 is 7.77. The number of nitrogens with one attached hydrogen (secondary N) is 1. The van der Waals surface area contributed by atoms with Gasteiger partial charge in [-0.3, -0.25) is 0 Å². The Labute approximate surface area is 95.2 Å². The predicted molar refractivity (Wildman–Crippen MR) is 66.3 cm³/mol. The molecular formula is C11H16ClNS. The fraction of sp³-hybridized carbons (Fsp3) is 0.455. The van der Waals surface area contributed by atoms with E-state index in [0.717, 1.165) is 17.3 Å². The molecule has 78 valence electrons. The van der Waals surface area contributed by atoms with E-state index in [-0.39, 0.29) is 0 Å². The molecule has 1 rings (SSSR count). The Balaban J connectivity index is 2.47. The van der Waals surface area contributed by atoms with Crippen LogP contribution in [0, 0.1) is 0 Å². The first-order valence-electron chi connectivity index (χ1n) is 4.72. The first-order chi connectivity index (χ1) is 6.74. The SMILES string of the molecule is CSCCNC(C)c1cccc(Cl)c1. The molecule has 1 atom stereocenters. The maximum Gasteiger partial charge on any atom is 0.0409 e. The largest absolute Gasteiger partial charge is 0.309 e. The van der Waals surface area contributed by atoms with Crippen molar-refractivity contribution in [2.24, 2.45) is 0 Å². The van der Waals surface area contributed by atoms with Gasteiger partial charge in [0.15, 0.2) is 0 Å². The second kappa shape index (κ2) is 6.33. The van der Waals surface area contributed by atoms with Gasteiger partial charge in [-0.15, -0.1) is 0 Å². The first kappa shape index (κ1) is 11.9. The van der Waals surface area contributed by atoms with Gasteiger partial charge >= 0.3 is 0 Å². The zero-order valence-electron chi connectivity index (χ0n) is 8.59. The molecule has 0 aromatic heterocycles. The molecule has 0 saturated heterocycles. The van der Waals surface area contributed by atoms with Crippen molar-refractivity contribution in [2.75, 3.05) is 18.6 Å². The third-order valence-corrected chi connectivity index (χ3v) is 2.95. The van der Waals surface area contributed by atoms with Crippen molar-refractivity contribution < 1.29 is 0 Å². The van der Waals surface area contributed by atoms with E-state index in [1.165, 1.54) is 5.56 Å². The maximum atomic E-state index is 5.92. The van der Waals surface area contributed by atoms with Gasteiger partial charge in [0.05, 0.1) is 0 Å². The van der Waals surface area contributed by atoms with Crippen LogP contribution in [0.15, 0.2) is 24.3 Å². The molecule has 1 aromatic carbocycles. The average molecular weight is 230 g/mol. The highest BCUT2D eigenvalue weighted by Crippen LogP contribution is 2.16. The van der Waals surface area contributed by atoms with E-state index in [1.807, 2.05) is 30.0 Å². The van der Waals surface area contributed by atoms with Crippen LogP contribution in [0.5, 0.6) is 0 Å². The number of hydrogen-bond acceptors (Lipinski definition) is 2. The smallest absolute Gasteiger partial charge is 0.0409 e. The molecule has 0 heterocycles. The second-order valence-electron chi connectivity index (χ2n) is 3.22. The molecule has 0 aliphatic rings. The van der Waals surface area contributed by atoms with Crippen LogP contribution in [0.1, 0.15) is 18.5 Å². The van der Waals surface area contributed by atoms with E-state index in [1.54, 1.807) is 0 Å². The highest BCUT2D eigenvalue weighted by molar-refractivity contribution is 7.98. The summed E-state index contributed by atoms with van der Waals surface area (Å²) in [5, 5.41) is 4.25. The molecule has 0 spiro atoms. The predicted octanol–water partition coefficient (Wildman–Crippen LogP) is 3.35. The van der Waals surface area contributed by atoms with Crippen LogP contribution in [0.2, 0.25) is 5.02 Å². The monoisotopic (exact) mass is 229 g/mol. The van der Waals surface area contributed by atoms with E-state index in [0.29, 0.717) is 6.04 Å². The second-order valence-corrected chi connectivity index (χ2v) is 4.65. The normalized spacial score (nSPS) is 12.8. The summed E-state index contributed by atoms with van der Waals surface area (Å²) in [6, 6.07) is 8.38. The van der Waals surface area contributed by atoms with Gasteiger partial charge in [0.2, 0.25) is 0 Å². The standard InChI is InChI=1S/C11H16ClNS/c1-9(13-6-7-14-2)10-4-3-5-11(12)8-10/h3-5,8-9,13H,6-7H2,1-2H3. The van der Waals surface area contributed by atoms with Crippen molar-refractivity contribution >= 4 is 23.4 Å². The summed E-state index contributed by atoms with van der Waals surface area (Å²) in [6.45, 7) is 3.20. The van der Waals surface area contributed by atoms with Gasteiger partial charge in [-0.1, -0.05) is 23.7 Å². The van der Waals surface area contributed by atoms with Crippen LogP contribution in [0.3, 0.4) is 0 Å². The van der Waals surface area contributed by atoms with Crippen molar-refractivity contribution in [3.05, 3.63) is 34.9 Å². The van der Waals surface area contributed by atoms with Crippen LogP contribution >= 0.6 is 23.4 Å². The van der Waals surface area contributed by atoms with E-state index in [4.69, 9.17) is 11.6 Å². The van der Waals surface area contributed by atoms with Gasteiger partial charge < -0.3 is 5.32 Å². The van der Waals surface area contributed by atoms with Gasteiger partial charge in [-0.05, 0) is 30.9 Å². The Kier molecular flexibility index (Phi) is 5.38. The third kappa shape index (κ3) is 3.91. The van der Waals surface area contributed by atoms with Crippen LogP contribution in [-0.4, -0.2) is 18.6 Å². The molecular weight excluding hydrogens is 214 g/mol. The molecule has 0 aliphatic carbocycles. The molecule has 0 radical (unpaired) electrons. The molecule has 0 fully saturated rings. The first-order valence-corrected chi connectivity index (χ1v) is 6.49. The van der Waals surface area contributed by atoms with Gasteiger partial charge in [-0.2, -0.15) is 11.8 Å². The molecule has 0 bridgehead atoms. The lowest BCUT2D eigenvalue weighted by atomic mass is 10.1. The summed E-state index contributed by atoms with van der Waals surface area (Å²) < 4.78 is 0. The number of thioether (sulfide) groups is 1. The quantitative estimate of drug-likeness (QED) is 0.778. The molecule has 0 aliphatic heterocycles. The number of hydrogen-bond donors (Lipinski definition) is 1. The average Bonchev–Trinajstić information content (AvgIpc) is 2.18. The van der Waals surface area contributed by atoms with Crippen molar-refractivity contribution in [1.29, 1.82) is 0 Å². The highest BCUT2D eigenvalue weighted by Gasteiger charge is 2.03. The van der Waals surface area contributed by atoms with Crippen LogP contribution < -0.4 is 5.32 Å². The summed E-state index contributed by atoms with van der Waals surface area (Å²) in [5.74, 6) is 1.14. The van der Waals surface area contributed by atoms with Crippen molar-refractivity contribution in [3.8, 4) is 0 Å². The van der Waals surface area contributed by atoms with E-state index in [9.17, 15) is 0 Å². The number of rotatable bonds is 5. The summed E-state index contributed by atoms with van der Waals surface area (Å²) in [6.07, 6.45) is 2.12. The van der Waals surface area contributed by atoms with E-state index >= 15 is 0 Å². The molecule has 0 saturated carbocycles. The molecule has 3 heteroatoms. The number of benzene rings is 1. The highest BCUT2D eigenvalue weighted by atomic mass is 35.5. The Morgan fingerprint density at radius 1 is 1.50 bits per heavy atom. The maximum absolute atomic E-state index is 5.92. The summed E-state index contributed by atoms with van der Waals surface area (Å²) in [7, 11) is 0. The number of halogens is 1. The Morgan fingerprint density at radius 3 is 2.93 bits per heavy atom. The van der Waals surface area contributed by atoms with Crippen LogP contribution in [-0.2, 0) is 0 Å². The minimum Gasteiger partial charge on any atom is -0.309 e. The van der Waals surface area contributed by atoms with Gasteiger partial charge in [0.1, 0.15) is 0 Å². The minimum absolute atomic E-state index is 0.376. The fourth-order valence-electron chi connectivity index (χ4n) is 1.27. The van der Waals surface area contributed by atoms with Crippen LogP contribution in [0.25, 0.3) is 0 Å². The van der Waals surface area contributed by atoms with Crippen LogP contribution in [0.4, 0.5) is 0 Å². The molecule has 1 aromatic rings. The third-order valence-electron chi connectivity index (χ3n) is 2.11. The Morgan fingerprint density at radius 2 is 2.29 bits per heavy atom. The minimum atomic E-state index is 0.376. The topological polar surface area (TPSA) is 12.0 Å². The van der Waals surface area contributed by atoms with Gasteiger partial charge in [0, 0.05) is 23.4 Å². The van der Waals surface area contributed by atoms with Gasteiger partial charge in [0.25, 0.3) is 0 Å². The summed E-state index contributed by atoms with van der Waals surface area (Å²) in [5.41, 5.74) is 1.25. The Bertz CT molecular complexity index is 278. The summed E-state index contributed by atoms with van der Waals surface area (Å²) in [4.78, 5) is 0. The lowest BCUT2D eigenvalue weighted by Gasteiger charge is -2.13. The zero-order valence-corrected chi connectivity index (χ0v) is 10.2. The molecule has 14 heavy (non-hydrogen) atoms. The fourth-order valence-corrected chi connectivity index (χ4v) is 1.79. The van der Waals surface area contributed by atoms with Gasteiger partial charge in [-0.25, -0.2) is 0 Å².